The fraction of sp³-hybridized carbons (Fsp3) is 0.846. The van der Waals surface area contributed by atoms with Crippen LogP contribution in [0.1, 0.15) is 86.5 Å². The second-order valence-corrected chi connectivity index (χ2v) is 13.9. The number of likely N-dealkylation sites (N-methyl/N-ethyl adjacent to an activating group) is 1. The molecule has 0 spiro atoms. The molecule has 0 saturated carbocycles. The molecule has 10 heteroatoms. The van der Waals surface area contributed by atoms with Crippen molar-refractivity contribution in [1.29, 1.82) is 0 Å². The molecule has 0 aliphatic rings. The van der Waals surface area contributed by atoms with Gasteiger partial charge in [-0.3, -0.25) is 14.4 Å². The summed E-state index contributed by atoms with van der Waals surface area (Å²) in [7, 11) is 3.79. The van der Waals surface area contributed by atoms with Gasteiger partial charge in [-0.1, -0.05) is 64.5 Å². The molecule has 210 valence electrons. The predicted molar refractivity (Wildman–Crippen MR) is 155 cm³/mol. The first kappa shape index (κ1) is 35.2. The van der Waals surface area contributed by atoms with E-state index >= 15 is 0 Å². The number of carbonyl (C=O) groups excluding carboxylic acids is 2. The van der Waals surface area contributed by atoms with E-state index in [1.54, 1.807) is 13.8 Å². The number of hydrogen-bond donors (Lipinski definition) is 1. The molecule has 0 heterocycles. The van der Waals surface area contributed by atoms with Gasteiger partial charge in [0.05, 0.1) is 17.4 Å². The van der Waals surface area contributed by atoms with Gasteiger partial charge in [-0.15, -0.1) is 11.8 Å². The SMILES string of the molecule is CCCCOC(=O)C(C)(CC(C)(CC)C(=O)OCCN(C)C)CC(CCC)(SC(=S)SCC)C(=O)O. The van der Waals surface area contributed by atoms with Crippen molar-refractivity contribution >= 4 is 57.2 Å². The van der Waals surface area contributed by atoms with Crippen molar-refractivity contribution in [2.45, 2.75) is 91.2 Å². The minimum absolute atomic E-state index is 0.00375. The minimum Gasteiger partial charge on any atom is -0.480 e. The Kier molecular flexibility index (Phi) is 16.5. The summed E-state index contributed by atoms with van der Waals surface area (Å²) in [6, 6.07) is 0. The van der Waals surface area contributed by atoms with Crippen molar-refractivity contribution < 1.29 is 29.0 Å². The van der Waals surface area contributed by atoms with Gasteiger partial charge in [-0.05, 0) is 65.8 Å². The van der Waals surface area contributed by atoms with Gasteiger partial charge in [0.2, 0.25) is 0 Å². The number of thioether (sulfide) groups is 2. The molecule has 0 aromatic heterocycles. The molecule has 0 saturated heterocycles. The van der Waals surface area contributed by atoms with E-state index in [4.69, 9.17) is 21.7 Å². The molecule has 0 aromatic carbocycles. The van der Waals surface area contributed by atoms with Crippen LogP contribution >= 0.6 is 35.7 Å². The normalized spacial score (nSPS) is 16.5. The van der Waals surface area contributed by atoms with Crippen LogP contribution in [0.25, 0.3) is 0 Å². The maximum atomic E-state index is 13.6. The first-order chi connectivity index (χ1) is 16.8. The number of thiocarbonyl (C=S) groups is 1. The molecular weight excluding hydrogens is 518 g/mol. The number of ether oxygens (including phenoxy) is 2. The third kappa shape index (κ3) is 11.3. The van der Waals surface area contributed by atoms with Gasteiger partial charge < -0.3 is 19.5 Å². The molecule has 0 rings (SSSR count). The van der Waals surface area contributed by atoms with Crippen molar-refractivity contribution in [1.82, 2.24) is 4.90 Å². The van der Waals surface area contributed by atoms with Crippen molar-refractivity contribution in [3.8, 4) is 0 Å². The summed E-state index contributed by atoms with van der Waals surface area (Å²) in [6.45, 7) is 12.4. The monoisotopic (exact) mass is 565 g/mol. The minimum atomic E-state index is -1.31. The van der Waals surface area contributed by atoms with Gasteiger partial charge in [0, 0.05) is 6.54 Å². The highest BCUT2D eigenvalue weighted by Crippen LogP contribution is 2.49. The Hall–Kier alpha value is -0.840. The highest BCUT2D eigenvalue weighted by atomic mass is 32.2. The van der Waals surface area contributed by atoms with E-state index < -0.39 is 27.5 Å². The van der Waals surface area contributed by atoms with E-state index in [0.29, 0.717) is 35.8 Å². The molecule has 0 aliphatic heterocycles. The summed E-state index contributed by atoms with van der Waals surface area (Å²) in [4.78, 5) is 41.4. The van der Waals surface area contributed by atoms with E-state index in [-0.39, 0.29) is 32.0 Å². The lowest BCUT2D eigenvalue weighted by atomic mass is 9.67. The Balaban J connectivity index is 6.34. The van der Waals surface area contributed by atoms with Crippen molar-refractivity contribution in [2.24, 2.45) is 10.8 Å². The summed E-state index contributed by atoms with van der Waals surface area (Å²) in [5.41, 5.74) is -2.21. The van der Waals surface area contributed by atoms with Crippen LogP contribution in [-0.4, -0.2) is 75.8 Å². The smallest absolute Gasteiger partial charge is 0.320 e. The van der Waals surface area contributed by atoms with Gasteiger partial charge in [0.25, 0.3) is 0 Å². The highest BCUT2D eigenvalue weighted by molar-refractivity contribution is 8.47. The lowest BCUT2D eigenvalue weighted by Crippen LogP contribution is -2.48. The molecule has 7 nitrogen and oxygen atoms in total. The van der Waals surface area contributed by atoms with Crippen molar-refractivity contribution in [3.63, 3.8) is 0 Å². The second-order valence-electron chi connectivity index (χ2n) is 10.1. The molecule has 0 radical (unpaired) electrons. The fourth-order valence-corrected chi connectivity index (χ4v) is 7.37. The standard InChI is InChI=1S/C26H47NO6S3/c1-9-13-16-32-22(31)25(6,18-24(5,11-3)21(30)33-17-15-27(7)8)19-26(14-10-2,20(28)29)36-23(34)35-12-4/h9-19H2,1-8H3,(H,28,29). The number of carbonyl (C=O) groups is 3. The predicted octanol–water partition coefficient (Wildman–Crippen LogP) is 6.03. The Labute approximate surface area is 232 Å². The number of hydrogen-bond acceptors (Lipinski definition) is 9. The topological polar surface area (TPSA) is 93.1 Å². The quantitative estimate of drug-likeness (QED) is 0.121. The zero-order chi connectivity index (χ0) is 28.0. The zero-order valence-corrected chi connectivity index (χ0v) is 25.9. The van der Waals surface area contributed by atoms with Crippen LogP contribution in [0.15, 0.2) is 0 Å². The summed E-state index contributed by atoms with van der Waals surface area (Å²) >= 11 is 8.06. The Morgan fingerprint density at radius 2 is 1.50 bits per heavy atom. The van der Waals surface area contributed by atoms with Crippen LogP contribution in [0.2, 0.25) is 0 Å². The molecule has 36 heavy (non-hydrogen) atoms. The average Bonchev–Trinajstić information content (AvgIpc) is 2.78. The number of aliphatic carboxylic acids is 1. The van der Waals surface area contributed by atoms with E-state index in [1.165, 1.54) is 11.8 Å². The molecule has 0 fully saturated rings. The Morgan fingerprint density at radius 1 is 0.917 bits per heavy atom. The number of carboxylic acid groups (broad SMARTS) is 1. The van der Waals surface area contributed by atoms with E-state index in [2.05, 4.69) is 0 Å². The zero-order valence-electron chi connectivity index (χ0n) is 23.4. The lowest BCUT2D eigenvalue weighted by molar-refractivity contribution is -0.165. The fourth-order valence-electron chi connectivity index (χ4n) is 4.13. The molecule has 3 atom stereocenters. The summed E-state index contributed by atoms with van der Waals surface area (Å²) in [6.07, 6.45) is 3.09. The third-order valence-corrected chi connectivity index (χ3v) is 9.12. The molecular formula is C26H47NO6S3. The van der Waals surface area contributed by atoms with Gasteiger partial charge in [0.15, 0.2) is 0 Å². The average molecular weight is 566 g/mol. The second kappa shape index (κ2) is 16.9. The number of unbranched alkanes of at least 4 members (excludes halogenated alkanes) is 1. The number of esters is 2. The first-order valence-corrected chi connectivity index (χ1v) is 15.0. The molecule has 3 unspecified atom stereocenters. The number of carboxylic acids is 1. The van der Waals surface area contributed by atoms with Crippen LogP contribution in [0.3, 0.4) is 0 Å². The van der Waals surface area contributed by atoms with E-state index in [1.807, 2.05) is 46.7 Å². The lowest BCUT2D eigenvalue weighted by Gasteiger charge is -2.41. The van der Waals surface area contributed by atoms with Crippen molar-refractivity contribution in [3.05, 3.63) is 0 Å². The van der Waals surface area contributed by atoms with E-state index in [0.717, 1.165) is 23.9 Å². The van der Waals surface area contributed by atoms with Crippen LogP contribution in [0, 0.1) is 10.8 Å². The summed E-state index contributed by atoms with van der Waals surface area (Å²) in [5.74, 6) is -1.14. The summed E-state index contributed by atoms with van der Waals surface area (Å²) < 4.78 is 10.5. The van der Waals surface area contributed by atoms with Crippen LogP contribution in [0.5, 0.6) is 0 Å². The van der Waals surface area contributed by atoms with Gasteiger partial charge in [0.1, 0.15) is 14.9 Å². The molecule has 1 N–H and O–H groups in total. The Morgan fingerprint density at radius 3 is 1.97 bits per heavy atom. The largest absolute Gasteiger partial charge is 0.480 e. The first-order valence-electron chi connectivity index (χ1n) is 12.8. The van der Waals surface area contributed by atoms with Gasteiger partial charge >= 0.3 is 17.9 Å². The third-order valence-electron chi connectivity index (χ3n) is 6.31. The van der Waals surface area contributed by atoms with Crippen LogP contribution < -0.4 is 0 Å². The summed E-state index contributed by atoms with van der Waals surface area (Å²) in [5, 5.41) is 10.4. The molecule has 0 amide bonds. The highest BCUT2D eigenvalue weighted by Gasteiger charge is 2.53. The molecule has 0 bridgehead atoms. The van der Waals surface area contributed by atoms with Crippen LogP contribution in [-0.2, 0) is 23.9 Å². The van der Waals surface area contributed by atoms with Crippen LogP contribution in [0.4, 0.5) is 0 Å². The van der Waals surface area contributed by atoms with Gasteiger partial charge in [-0.25, -0.2) is 0 Å². The number of nitrogens with zero attached hydrogens (tertiary/aromatic N) is 1. The molecule has 0 aliphatic carbocycles. The van der Waals surface area contributed by atoms with Crippen molar-refractivity contribution in [2.75, 3.05) is 39.6 Å². The van der Waals surface area contributed by atoms with E-state index in [9.17, 15) is 19.5 Å². The maximum Gasteiger partial charge on any atom is 0.320 e. The van der Waals surface area contributed by atoms with Gasteiger partial charge in [-0.2, -0.15) is 0 Å². The maximum absolute atomic E-state index is 13.6. The Bertz CT molecular complexity index is 734. The number of rotatable bonds is 18. The molecule has 0 aromatic rings.